The quantitative estimate of drug-likeness (QED) is 0.543. The summed E-state index contributed by atoms with van der Waals surface area (Å²) in [6.07, 6.45) is 0.316. The Labute approximate surface area is 119 Å². The highest BCUT2D eigenvalue weighted by Crippen LogP contribution is 2.12. The zero-order valence-electron chi connectivity index (χ0n) is 12.2. The molecule has 0 aliphatic rings. The molecule has 0 aliphatic heterocycles. The normalized spacial score (nSPS) is 12.2. The monoisotopic (exact) mass is 310 g/mol. The number of nitrogens with one attached hydrogen (secondary N) is 1. The number of carbonyl (C=O) groups excluding carboxylic acids is 1. The first-order valence-corrected chi connectivity index (χ1v) is 7.66. The highest BCUT2D eigenvalue weighted by molar-refractivity contribution is 7.89. The van der Waals surface area contributed by atoms with Gasteiger partial charge in [0.1, 0.15) is 5.54 Å². The van der Waals surface area contributed by atoms with E-state index in [4.69, 9.17) is 9.84 Å². The van der Waals surface area contributed by atoms with Gasteiger partial charge in [-0.3, -0.25) is 4.79 Å². The maximum absolute atomic E-state index is 11.8. The maximum Gasteiger partial charge on any atom is 0.329 e. The lowest BCUT2D eigenvalue weighted by molar-refractivity contribution is -0.154. The number of methoxy groups -OCH3 is 1. The fourth-order valence-electron chi connectivity index (χ4n) is 1.21. The number of aliphatic carboxylic acids is 1. The number of likely N-dealkylation sites (N-methyl/N-ethyl adjacent to an activating group) is 1. The van der Waals surface area contributed by atoms with Gasteiger partial charge in [-0.05, 0) is 20.3 Å². The molecule has 9 heteroatoms. The smallest absolute Gasteiger partial charge is 0.329 e. The molecule has 0 saturated carbocycles. The van der Waals surface area contributed by atoms with Gasteiger partial charge in [0.15, 0.2) is 0 Å². The molecule has 118 valence electrons. The molecule has 20 heavy (non-hydrogen) atoms. The average molecular weight is 310 g/mol. The van der Waals surface area contributed by atoms with Crippen molar-refractivity contribution in [2.24, 2.45) is 0 Å². The summed E-state index contributed by atoms with van der Waals surface area (Å²) in [7, 11) is -0.793. The van der Waals surface area contributed by atoms with Crippen molar-refractivity contribution in [3.05, 3.63) is 0 Å². The Hall–Kier alpha value is -1.19. The highest BCUT2D eigenvalue weighted by Gasteiger charge is 2.35. The first-order chi connectivity index (χ1) is 9.04. The van der Waals surface area contributed by atoms with Gasteiger partial charge in [0, 0.05) is 20.8 Å². The zero-order valence-corrected chi connectivity index (χ0v) is 13.0. The largest absolute Gasteiger partial charge is 0.480 e. The van der Waals surface area contributed by atoms with E-state index >= 15 is 0 Å². The van der Waals surface area contributed by atoms with Crippen LogP contribution >= 0.6 is 0 Å². The number of ether oxygens (including phenoxy) is 1. The lowest BCUT2D eigenvalue weighted by Crippen LogP contribution is -2.53. The molecule has 0 bridgehead atoms. The van der Waals surface area contributed by atoms with E-state index in [0.717, 1.165) is 4.90 Å². The second kappa shape index (κ2) is 7.55. The molecular weight excluding hydrogens is 288 g/mol. The lowest BCUT2D eigenvalue weighted by atomic mass is 10.0. The van der Waals surface area contributed by atoms with Gasteiger partial charge in [-0.2, -0.15) is 0 Å². The highest BCUT2D eigenvalue weighted by atomic mass is 32.2. The van der Waals surface area contributed by atoms with E-state index in [9.17, 15) is 18.0 Å². The molecular formula is C11H22N2O6S. The van der Waals surface area contributed by atoms with Crippen LogP contribution in [-0.4, -0.2) is 68.9 Å². The van der Waals surface area contributed by atoms with Crippen LogP contribution in [-0.2, 0) is 24.3 Å². The minimum Gasteiger partial charge on any atom is -0.480 e. The van der Waals surface area contributed by atoms with Crippen LogP contribution in [0, 0.1) is 0 Å². The summed E-state index contributed by atoms with van der Waals surface area (Å²) < 4.78 is 30.0. The summed E-state index contributed by atoms with van der Waals surface area (Å²) in [6, 6.07) is 0. The van der Waals surface area contributed by atoms with E-state index in [0.29, 0.717) is 13.0 Å². The van der Waals surface area contributed by atoms with Crippen molar-refractivity contribution >= 4 is 21.9 Å². The molecule has 0 atom stereocenters. The molecule has 0 aromatic heterocycles. The number of rotatable bonds is 9. The number of hydrogen-bond acceptors (Lipinski definition) is 5. The van der Waals surface area contributed by atoms with Gasteiger partial charge in [0.25, 0.3) is 0 Å². The van der Waals surface area contributed by atoms with Crippen molar-refractivity contribution in [3.63, 3.8) is 0 Å². The van der Waals surface area contributed by atoms with Crippen LogP contribution in [0.25, 0.3) is 0 Å². The number of amides is 1. The molecule has 0 rings (SSSR count). The molecule has 0 fully saturated rings. The van der Waals surface area contributed by atoms with Crippen molar-refractivity contribution in [2.75, 3.05) is 33.1 Å². The molecule has 0 spiro atoms. The minimum absolute atomic E-state index is 0.153. The van der Waals surface area contributed by atoms with Crippen LogP contribution in [0.4, 0.5) is 0 Å². The second-order valence-electron chi connectivity index (χ2n) is 4.80. The van der Waals surface area contributed by atoms with Gasteiger partial charge in [0.05, 0.1) is 12.3 Å². The summed E-state index contributed by atoms with van der Waals surface area (Å²) in [6.45, 7) is 2.56. The molecule has 0 saturated heterocycles. The van der Waals surface area contributed by atoms with Gasteiger partial charge in [0.2, 0.25) is 15.9 Å². The predicted octanol–water partition coefficient (Wildman–Crippen LogP) is -0.736. The summed E-state index contributed by atoms with van der Waals surface area (Å²) in [4.78, 5) is 23.8. The number of carboxylic acids is 1. The van der Waals surface area contributed by atoms with E-state index < -0.39 is 34.0 Å². The van der Waals surface area contributed by atoms with Crippen LogP contribution in [0.5, 0.6) is 0 Å². The summed E-state index contributed by atoms with van der Waals surface area (Å²) in [5.74, 6) is -1.94. The van der Waals surface area contributed by atoms with Gasteiger partial charge in [-0.25, -0.2) is 17.9 Å². The zero-order chi connectivity index (χ0) is 16.0. The Morgan fingerprint density at radius 1 is 1.35 bits per heavy atom. The third kappa shape index (κ3) is 5.85. The van der Waals surface area contributed by atoms with Gasteiger partial charge in [-0.1, -0.05) is 0 Å². The van der Waals surface area contributed by atoms with Crippen molar-refractivity contribution < 1.29 is 27.9 Å². The summed E-state index contributed by atoms with van der Waals surface area (Å²) in [5.41, 5.74) is -1.40. The molecule has 0 heterocycles. The molecule has 0 radical (unpaired) electrons. The van der Waals surface area contributed by atoms with Crippen LogP contribution in [0.3, 0.4) is 0 Å². The SMILES string of the molecule is COCCCS(=O)(=O)NCC(=O)N(C)C(C)(C)C(=O)O. The van der Waals surface area contributed by atoms with Gasteiger partial charge < -0.3 is 14.7 Å². The Balaban J connectivity index is 4.45. The lowest BCUT2D eigenvalue weighted by Gasteiger charge is -2.31. The predicted molar refractivity (Wildman–Crippen MR) is 72.8 cm³/mol. The van der Waals surface area contributed by atoms with Gasteiger partial charge >= 0.3 is 5.97 Å². The molecule has 0 aromatic rings. The Kier molecular flexibility index (Phi) is 7.11. The third-order valence-corrected chi connectivity index (χ3v) is 4.35. The van der Waals surface area contributed by atoms with Crippen molar-refractivity contribution in [3.8, 4) is 0 Å². The third-order valence-electron chi connectivity index (χ3n) is 2.94. The van der Waals surface area contributed by atoms with E-state index in [-0.39, 0.29) is 5.75 Å². The maximum atomic E-state index is 11.8. The number of carbonyl (C=O) groups is 2. The molecule has 1 amide bonds. The fourth-order valence-corrected chi connectivity index (χ4v) is 2.20. The second-order valence-corrected chi connectivity index (χ2v) is 6.73. The molecule has 0 unspecified atom stereocenters. The van der Waals surface area contributed by atoms with Crippen LogP contribution < -0.4 is 4.72 Å². The van der Waals surface area contributed by atoms with Crippen molar-refractivity contribution in [1.82, 2.24) is 9.62 Å². The van der Waals surface area contributed by atoms with Crippen molar-refractivity contribution in [1.29, 1.82) is 0 Å². The molecule has 2 N–H and O–H groups in total. The van der Waals surface area contributed by atoms with Gasteiger partial charge in [-0.15, -0.1) is 0 Å². The summed E-state index contributed by atoms with van der Waals surface area (Å²) in [5, 5.41) is 8.99. The Morgan fingerprint density at radius 2 is 1.90 bits per heavy atom. The molecule has 0 aliphatic carbocycles. The Bertz CT molecular complexity index is 446. The van der Waals surface area contributed by atoms with Crippen molar-refractivity contribution in [2.45, 2.75) is 25.8 Å². The van der Waals surface area contributed by atoms with Crippen LogP contribution in [0.15, 0.2) is 0 Å². The first kappa shape index (κ1) is 18.8. The standard InChI is InChI=1S/C11H22N2O6S/c1-11(2,10(15)16)13(3)9(14)8-12-20(17,18)7-5-6-19-4/h12H,5-8H2,1-4H3,(H,15,16). The van der Waals surface area contributed by atoms with E-state index in [1.54, 1.807) is 0 Å². The van der Waals surface area contributed by atoms with Crippen LogP contribution in [0.1, 0.15) is 20.3 Å². The Morgan fingerprint density at radius 3 is 2.35 bits per heavy atom. The minimum atomic E-state index is -3.57. The van der Waals surface area contributed by atoms with E-state index in [1.807, 2.05) is 0 Å². The summed E-state index contributed by atoms with van der Waals surface area (Å²) >= 11 is 0. The molecule has 8 nitrogen and oxygen atoms in total. The number of hydrogen-bond donors (Lipinski definition) is 2. The number of sulfonamides is 1. The average Bonchev–Trinajstić information content (AvgIpc) is 2.35. The number of nitrogens with zero attached hydrogens (tertiary/aromatic N) is 1. The molecule has 0 aromatic carbocycles. The topological polar surface area (TPSA) is 113 Å². The van der Waals surface area contributed by atoms with Crippen LogP contribution in [0.2, 0.25) is 0 Å². The number of carboxylic acid groups (broad SMARTS) is 1. The van der Waals surface area contributed by atoms with E-state index in [2.05, 4.69) is 4.72 Å². The first-order valence-electron chi connectivity index (χ1n) is 6.01. The van der Waals surface area contributed by atoms with E-state index in [1.165, 1.54) is 28.0 Å². The fraction of sp³-hybridized carbons (Fsp3) is 0.818.